The molecule has 1 aliphatic rings. The summed E-state index contributed by atoms with van der Waals surface area (Å²) in [5.74, 6) is -0.930. The Balaban J connectivity index is 2.46. The van der Waals surface area contributed by atoms with Crippen LogP contribution in [0.1, 0.15) is 32.3 Å². The maximum absolute atomic E-state index is 13.4. The van der Waals surface area contributed by atoms with E-state index in [1.165, 1.54) is 12.0 Å². The average Bonchev–Trinajstić information content (AvgIpc) is 2.88. The highest BCUT2D eigenvalue weighted by atomic mass is 35.5. The van der Waals surface area contributed by atoms with Crippen LogP contribution in [0.15, 0.2) is 36.4 Å². The van der Waals surface area contributed by atoms with Gasteiger partial charge in [-0.05, 0) is 25.5 Å². The normalized spacial score (nSPS) is 19.2. The van der Waals surface area contributed by atoms with Crippen LogP contribution in [0.25, 0.3) is 0 Å². The van der Waals surface area contributed by atoms with Crippen molar-refractivity contribution in [2.75, 3.05) is 33.4 Å². The molecule has 0 bridgehead atoms. The predicted molar refractivity (Wildman–Crippen MR) is 108 cm³/mol. The quantitative estimate of drug-likeness (QED) is 0.467. The lowest BCUT2D eigenvalue weighted by Gasteiger charge is -2.31. The summed E-state index contributed by atoms with van der Waals surface area (Å²) < 4.78 is 5.02. The average molecular weight is 407 g/mol. The molecule has 0 aromatic heterocycles. The molecule has 0 saturated carbocycles. The minimum Gasteiger partial charge on any atom is -0.383 e. The van der Waals surface area contributed by atoms with Gasteiger partial charge in [-0.3, -0.25) is 19.3 Å². The number of imide groups is 1. The summed E-state index contributed by atoms with van der Waals surface area (Å²) in [6, 6.07) is 6.90. The lowest BCUT2D eigenvalue weighted by molar-refractivity contribution is -0.143. The molecule has 152 valence electrons. The van der Waals surface area contributed by atoms with Gasteiger partial charge in [0.25, 0.3) is 0 Å². The number of ether oxygens (including phenoxy) is 1. The molecule has 1 aliphatic heterocycles. The summed E-state index contributed by atoms with van der Waals surface area (Å²) >= 11 is 6.39. The zero-order valence-corrected chi connectivity index (χ0v) is 17.4. The van der Waals surface area contributed by atoms with E-state index < -0.39 is 11.3 Å². The second kappa shape index (κ2) is 9.34. The van der Waals surface area contributed by atoms with Gasteiger partial charge in [-0.25, -0.2) is 0 Å². The van der Waals surface area contributed by atoms with Crippen LogP contribution >= 0.6 is 11.6 Å². The highest BCUT2D eigenvalue weighted by molar-refractivity contribution is 6.32. The van der Waals surface area contributed by atoms with Crippen molar-refractivity contribution in [3.8, 4) is 0 Å². The maximum atomic E-state index is 13.4. The summed E-state index contributed by atoms with van der Waals surface area (Å²) in [7, 11) is 1.51. The van der Waals surface area contributed by atoms with E-state index in [1.54, 1.807) is 29.2 Å². The monoisotopic (exact) mass is 406 g/mol. The number of hydrogen-bond acceptors (Lipinski definition) is 4. The van der Waals surface area contributed by atoms with Crippen LogP contribution < -0.4 is 0 Å². The van der Waals surface area contributed by atoms with E-state index >= 15 is 0 Å². The molecular formula is C21H27ClN2O4. The van der Waals surface area contributed by atoms with E-state index in [9.17, 15) is 14.4 Å². The number of likely N-dealkylation sites (N-methyl/N-ethyl adjacent to an activating group) is 1. The molecule has 0 spiro atoms. The highest BCUT2D eigenvalue weighted by Gasteiger charge is 2.54. The minimum atomic E-state index is -1.30. The molecular weight excluding hydrogens is 380 g/mol. The van der Waals surface area contributed by atoms with Crippen molar-refractivity contribution >= 4 is 29.3 Å². The molecule has 1 heterocycles. The third kappa shape index (κ3) is 4.45. The first kappa shape index (κ1) is 22.1. The van der Waals surface area contributed by atoms with Crippen molar-refractivity contribution in [2.45, 2.75) is 32.1 Å². The van der Waals surface area contributed by atoms with E-state index in [2.05, 4.69) is 6.58 Å². The Morgan fingerprint density at radius 3 is 2.61 bits per heavy atom. The molecule has 1 fully saturated rings. The zero-order chi connectivity index (χ0) is 20.9. The zero-order valence-electron chi connectivity index (χ0n) is 16.7. The first-order valence-corrected chi connectivity index (χ1v) is 9.65. The van der Waals surface area contributed by atoms with Gasteiger partial charge in [0.2, 0.25) is 17.7 Å². The second-order valence-corrected chi connectivity index (χ2v) is 7.53. The number of amides is 3. The second-order valence-electron chi connectivity index (χ2n) is 7.12. The van der Waals surface area contributed by atoms with Crippen molar-refractivity contribution in [3.63, 3.8) is 0 Å². The number of carbonyl (C=O) groups is 3. The molecule has 0 unspecified atom stereocenters. The van der Waals surface area contributed by atoms with Gasteiger partial charge >= 0.3 is 0 Å². The van der Waals surface area contributed by atoms with Crippen LogP contribution in [0.2, 0.25) is 5.02 Å². The van der Waals surface area contributed by atoms with Crippen molar-refractivity contribution in [1.29, 1.82) is 0 Å². The van der Waals surface area contributed by atoms with Crippen molar-refractivity contribution in [1.82, 2.24) is 9.80 Å². The number of rotatable bonds is 9. The Kier molecular flexibility index (Phi) is 7.38. The number of hydrogen-bond donors (Lipinski definition) is 0. The van der Waals surface area contributed by atoms with E-state index in [4.69, 9.17) is 16.3 Å². The van der Waals surface area contributed by atoms with E-state index in [1.807, 2.05) is 13.8 Å². The fourth-order valence-corrected chi connectivity index (χ4v) is 3.89. The number of methoxy groups -OCH3 is 1. The van der Waals surface area contributed by atoms with Crippen LogP contribution in [-0.4, -0.2) is 60.9 Å². The standard InChI is InChI=1S/C21H27ClN2O4/c1-5-23(14-15(2)3)18(25)12-21(16-8-6-7-9-17(16)22)13-19(26)24(20(21)27)10-11-28-4/h6-9H,2,5,10-14H2,1,3-4H3/t21-/m1/s1. The SMILES string of the molecule is C=C(C)CN(CC)C(=O)C[C@]1(c2ccccc2Cl)CC(=O)N(CCOC)C1=O. The molecule has 0 radical (unpaired) electrons. The van der Waals surface area contributed by atoms with Crippen LogP contribution in [0, 0.1) is 0 Å². The summed E-state index contributed by atoms with van der Waals surface area (Å²) in [6.45, 7) is 8.86. The number of likely N-dealkylation sites (tertiary alicyclic amines) is 1. The largest absolute Gasteiger partial charge is 0.383 e. The first-order chi connectivity index (χ1) is 13.3. The molecule has 7 heteroatoms. The van der Waals surface area contributed by atoms with Gasteiger partial charge in [-0.2, -0.15) is 0 Å². The van der Waals surface area contributed by atoms with Crippen LogP contribution in [0.4, 0.5) is 0 Å². The molecule has 1 saturated heterocycles. The van der Waals surface area contributed by atoms with Crippen molar-refractivity contribution in [3.05, 3.63) is 47.0 Å². The number of halogens is 1. The third-order valence-electron chi connectivity index (χ3n) is 4.97. The number of carbonyl (C=O) groups excluding carboxylic acids is 3. The first-order valence-electron chi connectivity index (χ1n) is 9.27. The third-order valence-corrected chi connectivity index (χ3v) is 5.29. The fourth-order valence-electron chi connectivity index (χ4n) is 3.57. The molecule has 0 N–H and O–H groups in total. The van der Waals surface area contributed by atoms with Gasteiger partial charge in [-0.1, -0.05) is 42.0 Å². The van der Waals surface area contributed by atoms with Gasteiger partial charge < -0.3 is 9.64 Å². The molecule has 28 heavy (non-hydrogen) atoms. The van der Waals surface area contributed by atoms with Crippen LogP contribution in [0.3, 0.4) is 0 Å². The van der Waals surface area contributed by atoms with E-state index in [-0.39, 0.29) is 37.8 Å². The van der Waals surface area contributed by atoms with Crippen molar-refractivity contribution in [2.24, 2.45) is 0 Å². The van der Waals surface area contributed by atoms with E-state index in [0.29, 0.717) is 23.7 Å². The van der Waals surface area contributed by atoms with Gasteiger partial charge in [0, 0.05) is 38.1 Å². The van der Waals surface area contributed by atoms with Crippen LogP contribution in [0.5, 0.6) is 0 Å². The van der Waals surface area contributed by atoms with Crippen LogP contribution in [-0.2, 0) is 24.5 Å². The fraction of sp³-hybridized carbons (Fsp3) is 0.476. The number of benzene rings is 1. The molecule has 1 aromatic rings. The minimum absolute atomic E-state index is 0.0877. The Bertz CT molecular complexity index is 779. The topological polar surface area (TPSA) is 66.9 Å². The molecule has 1 atom stereocenters. The predicted octanol–water partition coefficient (Wildman–Crippen LogP) is 2.80. The highest BCUT2D eigenvalue weighted by Crippen LogP contribution is 2.43. The van der Waals surface area contributed by atoms with Gasteiger partial charge in [0.05, 0.1) is 18.6 Å². The molecule has 2 rings (SSSR count). The smallest absolute Gasteiger partial charge is 0.241 e. The molecule has 3 amide bonds. The lowest BCUT2D eigenvalue weighted by Crippen LogP contribution is -2.44. The Hall–Kier alpha value is -2.18. The Morgan fingerprint density at radius 2 is 2.04 bits per heavy atom. The van der Waals surface area contributed by atoms with Gasteiger partial charge in [0.1, 0.15) is 0 Å². The van der Waals surface area contributed by atoms with Gasteiger partial charge in [-0.15, -0.1) is 0 Å². The molecule has 1 aromatic carbocycles. The molecule has 6 nitrogen and oxygen atoms in total. The van der Waals surface area contributed by atoms with E-state index in [0.717, 1.165) is 5.57 Å². The Morgan fingerprint density at radius 1 is 1.36 bits per heavy atom. The summed E-state index contributed by atoms with van der Waals surface area (Å²) in [6.07, 6.45) is -0.207. The summed E-state index contributed by atoms with van der Waals surface area (Å²) in [5.41, 5.74) is 0.0511. The molecule has 0 aliphatic carbocycles. The summed E-state index contributed by atoms with van der Waals surface area (Å²) in [5, 5.41) is 0.369. The maximum Gasteiger partial charge on any atom is 0.241 e. The Labute approximate surface area is 171 Å². The van der Waals surface area contributed by atoms with Gasteiger partial charge in [0.15, 0.2) is 0 Å². The number of nitrogens with zero attached hydrogens (tertiary/aromatic N) is 2. The summed E-state index contributed by atoms with van der Waals surface area (Å²) in [4.78, 5) is 41.9. The lowest BCUT2D eigenvalue weighted by atomic mass is 9.75. The van der Waals surface area contributed by atoms with Crippen molar-refractivity contribution < 1.29 is 19.1 Å².